The molecule has 0 bridgehead atoms. The molecular weight excluding hydrogens is 154 g/mol. The highest BCUT2D eigenvalue weighted by Gasteiger charge is 1.98. The first-order valence-electron chi connectivity index (χ1n) is 3.91. The fourth-order valence-electron chi connectivity index (χ4n) is 0.761. The smallest absolute Gasteiger partial charge is 0.233 e. The largest absolute Gasteiger partial charge is 0.474 e. The van der Waals surface area contributed by atoms with Gasteiger partial charge in [-0.1, -0.05) is 0 Å². The van der Waals surface area contributed by atoms with Gasteiger partial charge in [0.05, 0.1) is 11.8 Å². The molecule has 0 radical (unpaired) electrons. The summed E-state index contributed by atoms with van der Waals surface area (Å²) >= 11 is 0. The van der Waals surface area contributed by atoms with Gasteiger partial charge in [0.2, 0.25) is 5.88 Å². The van der Waals surface area contributed by atoms with Crippen molar-refractivity contribution in [1.29, 1.82) is 0 Å². The zero-order chi connectivity index (χ0) is 8.97. The van der Waals surface area contributed by atoms with E-state index in [1.807, 2.05) is 19.9 Å². The van der Waals surface area contributed by atoms with Gasteiger partial charge in [-0.25, -0.2) is 0 Å². The van der Waals surface area contributed by atoms with Crippen LogP contribution in [0.2, 0.25) is 0 Å². The van der Waals surface area contributed by atoms with Gasteiger partial charge in [0.25, 0.3) is 0 Å². The minimum absolute atomic E-state index is 0.128. The molecule has 0 aromatic carbocycles. The number of rotatable bonds is 3. The molecule has 2 N–H and O–H groups in total. The molecule has 0 spiro atoms. The van der Waals surface area contributed by atoms with Crippen molar-refractivity contribution in [3.05, 3.63) is 17.8 Å². The van der Waals surface area contributed by atoms with Gasteiger partial charge in [0.15, 0.2) is 0 Å². The molecule has 0 fully saturated rings. The average molecular weight is 167 g/mol. The van der Waals surface area contributed by atoms with E-state index in [9.17, 15) is 0 Å². The van der Waals surface area contributed by atoms with E-state index in [1.165, 1.54) is 0 Å². The summed E-state index contributed by atoms with van der Waals surface area (Å²) in [6, 6.07) is 3.58. The molecular formula is C8H13N3O. The second-order valence-corrected chi connectivity index (χ2v) is 2.73. The molecule has 4 nitrogen and oxygen atoms in total. The molecule has 12 heavy (non-hydrogen) atoms. The Morgan fingerprint density at radius 1 is 1.42 bits per heavy atom. The Hall–Kier alpha value is -1.16. The van der Waals surface area contributed by atoms with Crippen LogP contribution in [0.1, 0.15) is 19.5 Å². The summed E-state index contributed by atoms with van der Waals surface area (Å²) in [4.78, 5) is 0. The third-order valence-electron chi connectivity index (χ3n) is 1.26. The lowest BCUT2D eigenvalue weighted by Crippen LogP contribution is -2.08. The third-order valence-corrected chi connectivity index (χ3v) is 1.26. The van der Waals surface area contributed by atoms with Gasteiger partial charge in [-0.15, -0.1) is 5.10 Å². The van der Waals surface area contributed by atoms with Crippen LogP contribution < -0.4 is 10.5 Å². The van der Waals surface area contributed by atoms with Crippen LogP contribution in [0.3, 0.4) is 0 Å². The summed E-state index contributed by atoms with van der Waals surface area (Å²) in [6.07, 6.45) is 0.128. The van der Waals surface area contributed by atoms with Crippen LogP contribution in [0.25, 0.3) is 0 Å². The van der Waals surface area contributed by atoms with Gasteiger partial charge in [0.1, 0.15) is 0 Å². The van der Waals surface area contributed by atoms with E-state index in [4.69, 9.17) is 10.5 Å². The first-order chi connectivity index (χ1) is 5.72. The molecule has 0 aliphatic heterocycles. The van der Waals surface area contributed by atoms with Crippen molar-refractivity contribution < 1.29 is 4.74 Å². The highest BCUT2D eigenvalue weighted by Crippen LogP contribution is 2.06. The highest BCUT2D eigenvalue weighted by atomic mass is 16.5. The van der Waals surface area contributed by atoms with Crippen molar-refractivity contribution in [3.8, 4) is 5.88 Å². The van der Waals surface area contributed by atoms with Crippen molar-refractivity contribution in [1.82, 2.24) is 10.2 Å². The van der Waals surface area contributed by atoms with Crippen LogP contribution >= 0.6 is 0 Å². The molecule has 0 saturated heterocycles. The predicted molar refractivity (Wildman–Crippen MR) is 45.7 cm³/mol. The summed E-state index contributed by atoms with van der Waals surface area (Å²) in [5.74, 6) is 0.544. The zero-order valence-corrected chi connectivity index (χ0v) is 7.32. The molecule has 0 aliphatic carbocycles. The molecule has 0 unspecified atom stereocenters. The Labute approximate surface area is 71.8 Å². The molecule has 1 heterocycles. The Bertz CT molecular complexity index is 233. The van der Waals surface area contributed by atoms with E-state index in [-0.39, 0.29) is 6.10 Å². The SMILES string of the molecule is CC(C)Oc1ccc(CN)nn1. The van der Waals surface area contributed by atoms with Crippen LogP contribution in [0.4, 0.5) is 0 Å². The maximum Gasteiger partial charge on any atom is 0.233 e. The van der Waals surface area contributed by atoms with Gasteiger partial charge in [-0.05, 0) is 19.9 Å². The predicted octanol–water partition coefficient (Wildman–Crippen LogP) is 0.722. The topological polar surface area (TPSA) is 61.0 Å². The summed E-state index contributed by atoms with van der Waals surface area (Å²) in [5.41, 5.74) is 6.13. The Balaban J connectivity index is 2.65. The van der Waals surface area contributed by atoms with Gasteiger partial charge in [-0.3, -0.25) is 0 Å². The van der Waals surface area contributed by atoms with Crippen LogP contribution in [0, 0.1) is 0 Å². The van der Waals surface area contributed by atoms with Crippen LogP contribution in [0.5, 0.6) is 5.88 Å². The standard InChI is InChI=1S/C8H13N3O/c1-6(2)12-8-4-3-7(5-9)10-11-8/h3-4,6H,5,9H2,1-2H3. The lowest BCUT2D eigenvalue weighted by atomic mass is 10.4. The van der Waals surface area contributed by atoms with Crippen LogP contribution in [-0.2, 0) is 6.54 Å². The zero-order valence-electron chi connectivity index (χ0n) is 7.32. The normalized spacial score (nSPS) is 10.3. The lowest BCUT2D eigenvalue weighted by molar-refractivity contribution is 0.229. The maximum atomic E-state index is 5.36. The summed E-state index contributed by atoms with van der Waals surface area (Å²) in [5, 5.41) is 7.69. The maximum absolute atomic E-state index is 5.36. The van der Waals surface area contributed by atoms with Crippen molar-refractivity contribution in [2.45, 2.75) is 26.5 Å². The van der Waals surface area contributed by atoms with Crippen molar-refractivity contribution in [2.24, 2.45) is 5.73 Å². The van der Waals surface area contributed by atoms with E-state index >= 15 is 0 Å². The van der Waals surface area contributed by atoms with Gasteiger partial charge >= 0.3 is 0 Å². The molecule has 0 amide bonds. The first kappa shape index (κ1) is 8.93. The number of nitrogens with zero attached hydrogens (tertiary/aromatic N) is 2. The summed E-state index contributed by atoms with van der Waals surface area (Å²) in [7, 11) is 0. The van der Waals surface area contributed by atoms with Crippen molar-refractivity contribution in [3.63, 3.8) is 0 Å². The van der Waals surface area contributed by atoms with E-state index in [2.05, 4.69) is 10.2 Å². The third kappa shape index (κ3) is 2.47. The van der Waals surface area contributed by atoms with E-state index in [0.29, 0.717) is 12.4 Å². The number of nitrogens with two attached hydrogens (primary N) is 1. The molecule has 66 valence electrons. The monoisotopic (exact) mass is 167 g/mol. The van der Waals surface area contributed by atoms with Crippen LogP contribution in [-0.4, -0.2) is 16.3 Å². The molecule has 1 rings (SSSR count). The van der Waals surface area contributed by atoms with Gasteiger partial charge < -0.3 is 10.5 Å². The molecule has 1 aromatic heterocycles. The van der Waals surface area contributed by atoms with Gasteiger partial charge in [-0.2, -0.15) is 5.10 Å². The molecule has 0 aliphatic rings. The number of hydrogen-bond donors (Lipinski definition) is 1. The molecule has 1 aromatic rings. The number of ether oxygens (including phenoxy) is 1. The average Bonchev–Trinajstić information content (AvgIpc) is 2.05. The molecule has 0 atom stereocenters. The van der Waals surface area contributed by atoms with E-state index in [0.717, 1.165) is 5.69 Å². The molecule has 4 heteroatoms. The Kier molecular flexibility index (Phi) is 2.99. The van der Waals surface area contributed by atoms with Gasteiger partial charge in [0, 0.05) is 12.6 Å². The second-order valence-electron chi connectivity index (χ2n) is 2.73. The van der Waals surface area contributed by atoms with Crippen LogP contribution in [0.15, 0.2) is 12.1 Å². The quantitative estimate of drug-likeness (QED) is 0.720. The highest BCUT2D eigenvalue weighted by molar-refractivity contribution is 5.11. The lowest BCUT2D eigenvalue weighted by Gasteiger charge is -2.07. The summed E-state index contributed by atoms with van der Waals surface area (Å²) in [6.45, 7) is 4.30. The van der Waals surface area contributed by atoms with E-state index < -0.39 is 0 Å². The second kappa shape index (κ2) is 4.01. The minimum Gasteiger partial charge on any atom is -0.474 e. The fourth-order valence-corrected chi connectivity index (χ4v) is 0.761. The summed E-state index contributed by atoms with van der Waals surface area (Å²) < 4.78 is 5.30. The number of aromatic nitrogens is 2. The minimum atomic E-state index is 0.128. The van der Waals surface area contributed by atoms with Crippen molar-refractivity contribution in [2.75, 3.05) is 0 Å². The fraction of sp³-hybridized carbons (Fsp3) is 0.500. The Morgan fingerprint density at radius 3 is 2.58 bits per heavy atom. The van der Waals surface area contributed by atoms with Crippen molar-refractivity contribution >= 4 is 0 Å². The number of hydrogen-bond acceptors (Lipinski definition) is 4. The Morgan fingerprint density at radius 2 is 2.17 bits per heavy atom. The molecule has 0 saturated carbocycles. The van der Waals surface area contributed by atoms with E-state index in [1.54, 1.807) is 6.07 Å². The first-order valence-corrected chi connectivity index (χ1v) is 3.91.